The summed E-state index contributed by atoms with van der Waals surface area (Å²) < 4.78 is 2.21. The average Bonchev–Trinajstić information content (AvgIpc) is 3.10. The van der Waals surface area contributed by atoms with E-state index < -0.39 is 0 Å². The van der Waals surface area contributed by atoms with Gasteiger partial charge in [-0.25, -0.2) is 4.98 Å². The monoisotopic (exact) mass is 341 g/mol. The second-order valence-electron chi connectivity index (χ2n) is 7.44. The van der Waals surface area contributed by atoms with Crippen molar-refractivity contribution in [2.45, 2.75) is 52.1 Å². The van der Waals surface area contributed by atoms with Crippen LogP contribution in [0.4, 0.5) is 0 Å². The summed E-state index contributed by atoms with van der Waals surface area (Å²) in [4.78, 5) is 7.00. The fourth-order valence-corrected chi connectivity index (χ4v) is 4.15. The molecule has 1 N–H and O–H groups in total. The average molecular weight is 341 g/mol. The maximum atomic E-state index is 10.1. The van der Waals surface area contributed by atoms with Gasteiger partial charge in [-0.3, -0.25) is 4.90 Å². The molecule has 0 unspecified atom stereocenters. The molecular formula is C21H31N3O. The van der Waals surface area contributed by atoms with E-state index >= 15 is 0 Å². The molecule has 0 saturated carbocycles. The molecule has 2 aromatic rings. The van der Waals surface area contributed by atoms with Crippen LogP contribution in [0.3, 0.4) is 0 Å². The first kappa shape index (κ1) is 18.2. The topological polar surface area (TPSA) is 41.3 Å². The standard InChI is InChI=1S/C21H31N3O/c1-2-24-15-13-22-20(24)16-23-14-7-12-21(17-23,18-25)11-6-10-19-8-4-3-5-9-19/h3-5,8-9,13,15,25H,2,6-7,10-12,14,16-18H2,1H3/t21-/m0/s1. The summed E-state index contributed by atoms with van der Waals surface area (Å²) in [5.74, 6) is 1.14. The number of hydrogen-bond acceptors (Lipinski definition) is 3. The highest BCUT2D eigenvalue weighted by atomic mass is 16.3. The third-order valence-electron chi connectivity index (χ3n) is 5.60. The van der Waals surface area contributed by atoms with Crippen LogP contribution in [0.1, 0.15) is 44.0 Å². The van der Waals surface area contributed by atoms with E-state index in [-0.39, 0.29) is 5.41 Å². The van der Waals surface area contributed by atoms with Crippen molar-refractivity contribution in [1.29, 1.82) is 0 Å². The molecule has 2 heterocycles. The van der Waals surface area contributed by atoms with Gasteiger partial charge in [-0.2, -0.15) is 0 Å². The van der Waals surface area contributed by atoms with Crippen molar-refractivity contribution < 1.29 is 5.11 Å². The lowest BCUT2D eigenvalue weighted by molar-refractivity contribution is 0.0194. The van der Waals surface area contributed by atoms with Crippen LogP contribution in [-0.4, -0.2) is 39.3 Å². The second-order valence-corrected chi connectivity index (χ2v) is 7.44. The van der Waals surface area contributed by atoms with Gasteiger partial charge < -0.3 is 9.67 Å². The largest absolute Gasteiger partial charge is 0.396 e. The number of hydrogen-bond donors (Lipinski definition) is 1. The molecule has 4 heteroatoms. The number of piperidine rings is 1. The highest BCUT2D eigenvalue weighted by molar-refractivity contribution is 5.14. The zero-order valence-electron chi connectivity index (χ0n) is 15.4. The zero-order valence-corrected chi connectivity index (χ0v) is 15.4. The summed E-state index contributed by atoms with van der Waals surface area (Å²) in [5.41, 5.74) is 1.45. The highest BCUT2D eigenvalue weighted by Crippen LogP contribution is 2.35. The van der Waals surface area contributed by atoms with Crippen molar-refractivity contribution in [1.82, 2.24) is 14.5 Å². The van der Waals surface area contributed by atoms with Crippen molar-refractivity contribution in [2.75, 3.05) is 19.7 Å². The Kier molecular flexibility index (Phi) is 6.27. The van der Waals surface area contributed by atoms with Crippen LogP contribution in [0.5, 0.6) is 0 Å². The lowest BCUT2D eigenvalue weighted by Gasteiger charge is -2.42. The first-order valence-electron chi connectivity index (χ1n) is 9.62. The van der Waals surface area contributed by atoms with E-state index in [0.29, 0.717) is 6.61 Å². The minimum Gasteiger partial charge on any atom is -0.396 e. The third kappa shape index (κ3) is 4.71. The molecule has 1 saturated heterocycles. The number of aromatic nitrogens is 2. The smallest absolute Gasteiger partial charge is 0.122 e. The third-order valence-corrected chi connectivity index (χ3v) is 5.60. The van der Waals surface area contributed by atoms with E-state index in [1.165, 1.54) is 12.0 Å². The van der Waals surface area contributed by atoms with Crippen molar-refractivity contribution in [3.8, 4) is 0 Å². The summed E-state index contributed by atoms with van der Waals surface area (Å²) in [6, 6.07) is 10.7. The number of nitrogens with zero attached hydrogens (tertiary/aromatic N) is 3. The van der Waals surface area contributed by atoms with Crippen LogP contribution in [0, 0.1) is 5.41 Å². The number of aliphatic hydroxyl groups excluding tert-OH is 1. The minimum atomic E-state index is 0.0522. The maximum Gasteiger partial charge on any atom is 0.122 e. The van der Waals surface area contributed by atoms with Crippen LogP contribution in [0.15, 0.2) is 42.7 Å². The molecule has 1 aliphatic rings. The van der Waals surface area contributed by atoms with Gasteiger partial charge in [-0.05, 0) is 51.1 Å². The summed E-state index contributed by atoms with van der Waals surface area (Å²) in [5, 5.41) is 10.1. The predicted molar refractivity (Wildman–Crippen MR) is 101 cm³/mol. The molecule has 1 aliphatic heterocycles. The summed E-state index contributed by atoms with van der Waals surface area (Å²) in [6.07, 6.45) is 9.58. The molecule has 0 aliphatic carbocycles. The lowest BCUT2D eigenvalue weighted by Crippen LogP contribution is -2.45. The Morgan fingerprint density at radius 3 is 2.84 bits per heavy atom. The fourth-order valence-electron chi connectivity index (χ4n) is 4.15. The van der Waals surface area contributed by atoms with Gasteiger partial charge in [-0.15, -0.1) is 0 Å². The van der Waals surface area contributed by atoms with Gasteiger partial charge in [0.15, 0.2) is 0 Å². The van der Waals surface area contributed by atoms with Crippen LogP contribution >= 0.6 is 0 Å². The molecule has 0 amide bonds. The molecule has 25 heavy (non-hydrogen) atoms. The second kappa shape index (κ2) is 8.63. The van der Waals surface area contributed by atoms with Crippen molar-refractivity contribution in [2.24, 2.45) is 5.41 Å². The molecule has 0 radical (unpaired) electrons. The number of aryl methyl sites for hydroxylation is 2. The van der Waals surface area contributed by atoms with E-state index in [9.17, 15) is 5.11 Å². The Morgan fingerprint density at radius 1 is 1.24 bits per heavy atom. The maximum absolute atomic E-state index is 10.1. The van der Waals surface area contributed by atoms with Crippen LogP contribution in [-0.2, 0) is 19.5 Å². The van der Waals surface area contributed by atoms with Gasteiger partial charge in [0.1, 0.15) is 5.82 Å². The Bertz CT molecular complexity index is 640. The van der Waals surface area contributed by atoms with Crippen LogP contribution in [0.25, 0.3) is 0 Å². The molecule has 1 aromatic carbocycles. The molecule has 4 nitrogen and oxygen atoms in total. The Morgan fingerprint density at radius 2 is 2.08 bits per heavy atom. The molecule has 3 rings (SSSR count). The molecule has 1 fully saturated rings. The molecule has 1 aromatic heterocycles. The van der Waals surface area contributed by atoms with Gasteiger partial charge in [-0.1, -0.05) is 30.3 Å². The van der Waals surface area contributed by atoms with Gasteiger partial charge in [0.05, 0.1) is 6.54 Å². The number of aliphatic hydroxyl groups is 1. The van der Waals surface area contributed by atoms with E-state index in [1.807, 2.05) is 6.20 Å². The SMILES string of the molecule is CCn1ccnc1CN1CCC[C@@](CO)(CCCc2ccccc2)C1. The Labute approximate surface area is 151 Å². The van der Waals surface area contributed by atoms with Crippen LogP contribution in [0.2, 0.25) is 0 Å². The van der Waals surface area contributed by atoms with Crippen molar-refractivity contribution >= 4 is 0 Å². The molecule has 136 valence electrons. The van der Waals surface area contributed by atoms with Gasteiger partial charge in [0, 0.05) is 37.5 Å². The summed E-state index contributed by atoms with van der Waals surface area (Å²) in [7, 11) is 0. The van der Waals surface area contributed by atoms with Crippen LogP contribution < -0.4 is 0 Å². The van der Waals surface area contributed by atoms with Crippen molar-refractivity contribution in [3.05, 3.63) is 54.1 Å². The van der Waals surface area contributed by atoms with Gasteiger partial charge in [0.25, 0.3) is 0 Å². The molecular weight excluding hydrogens is 310 g/mol. The van der Waals surface area contributed by atoms with E-state index in [1.54, 1.807) is 0 Å². The first-order valence-corrected chi connectivity index (χ1v) is 9.62. The molecule has 1 atom stereocenters. The minimum absolute atomic E-state index is 0.0522. The Balaban J connectivity index is 1.56. The van der Waals surface area contributed by atoms with Gasteiger partial charge >= 0.3 is 0 Å². The van der Waals surface area contributed by atoms with Crippen molar-refractivity contribution in [3.63, 3.8) is 0 Å². The quantitative estimate of drug-likeness (QED) is 0.799. The fraction of sp³-hybridized carbons (Fsp3) is 0.571. The lowest BCUT2D eigenvalue weighted by atomic mass is 9.76. The normalized spacial score (nSPS) is 21.5. The number of imidazole rings is 1. The van der Waals surface area contributed by atoms with E-state index in [4.69, 9.17) is 0 Å². The first-order chi connectivity index (χ1) is 12.2. The number of likely N-dealkylation sites (tertiary alicyclic amines) is 1. The summed E-state index contributed by atoms with van der Waals surface area (Å²) in [6.45, 7) is 6.39. The molecule has 0 bridgehead atoms. The predicted octanol–water partition coefficient (Wildman–Crippen LogP) is 3.50. The number of benzene rings is 1. The van der Waals surface area contributed by atoms with Gasteiger partial charge in [0.2, 0.25) is 0 Å². The zero-order chi connectivity index (χ0) is 17.5. The summed E-state index contributed by atoms with van der Waals surface area (Å²) >= 11 is 0. The van der Waals surface area contributed by atoms with E-state index in [0.717, 1.165) is 57.7 Å². The Hall–Kier alpha value is -1.65. The number of rotatable bonds is 8. The van der Waals surface area contributed by atoms with E-state index in [2.05, 4.69) is 57.9 Å². The highest BCUT2D eigenvalue weighted by Gasteiger charge is 2.34. The molecule has 0 spiro atoms.